The lowest BCUT2D eigenvalue weighted by Crippen LogP contribution is -2.43. The summed E-state index contributed by atoms with van der Waals surface area (Å²) in [6.07, 6.45) is 2.13. The summed E-state index contributed by atoms with van der Waals surface area (Å²) in [5.41, 5.74) is 2.68. The Hall–Kier alpha value is -3.55. The highest BCUT2D eigenvalue weighted by atomic mass is 16.5. The summed E-state index contributed by atoms with van der Waals surface area (Å²) in [5, 5.41) is 5.66. The van der Waals surface area contributed by atoms with Gasteiger partial charge in [0, 0.05) is 24.1 Å². The van der Waals surface area contributed by atoms with Gasteiger partial charge in [-0.3, -0.25) is 14.5 Å². The number of aryl methyl sites for hydroxylation is 1. The predicted molar refractivity (Wildman–Crippen MR) is 120 cm³/mol. The third-order valence-corrected chi connectivity index (χ3v) is 6.58. The van der Waals surface area contributed by atoms with Gasteiger partial charge in [-0.15, -0.1) is 0 Å². The van der Waals surface area contributed by atoms with Crippen LogP contribution in [0, 0.1) is 0 Å². The number of carbonyl (C=O) groups excluding carboxylic acids is 3. The first kappa shape index (κ1) is 21.3. The van der Waals surface area contributed by atoms with Crippen molar-refractivity contribution in [3.63, 3.8) is 0 Å². The summed E-state index contributed by atoms with van der Waals surface area (Å²) in [7, 11) is 0. The van der Waals surface area contributed by atoms with E-state index in [1.54, 1.807) is 0 Å². The average Bonchev–Trinajstić information content (AvgIpc) is 3.42. The van der Waals surface area contributed by atoms with E-state index in [9.17, 15) is 14.4 Å². The Kier molecular flexibility index (Phi) is 5.23. The molecular formula is C25H27N3O5. The molecule has 4 amide bonds. The molecule has 0 saturated carbocycles. The van der Waals surface area contributed by atoms with Crippen LogP contribution in [0.25, 0.3) is 0 Å². The number of carbonyl (C=O) groups is 3. The largest absolute Gasteiger partial charge is 0.494 e. The molecule has 172 valence electrons. The minimum Gasteiger partial charge on any atom is -0.494 e. The van der Waals surface area contributed by atoms with Crippen LogP contribution in [0.3, 0.4) is 0 Å². The Labute approximate surface area is 192 Å². The van der Waals surface area contributed by atoms with E-state index in [1.807, 2.05) is 50.2 Å². The third-order valence-electron chi connectivity index (χ3n) is 6.58. The number of urea groups is 1. The van der Waals surface area contributed by atoms with Crippen LogP contribution in [0.1, 0.15) is 42.5 Å². The number of amides is 4. The van der Waals surface area contributed by atoms with Crippen molar-refractivity contribution in [3.05, 3.63) is 58.7 Å². The maximum atomic E-state index is 13.2. The fourth-order valence-corrected chi connectivity index (χ4v) is 5.04. The lowest BCUT2D eigenvalue weighted by molar-refractivity contribution is -0.135. The van der Waals surface area contributed by atoms with Crippen molar-refractivity contribution in [2.45, 2.75) is 51.3 Å². The van der Waals surface area contributed by atoms with Crippen LogP contribution in [0.2, 0.25) is 0 Å². The molecule has 33 heavy (non-hydrogen) atoms. The Morgan fingerprint density at radius 2 is 2.09 bits per heavy atom. The fourth-order valence-electron chi connectivity index (χ4n) is 5.04. The number of imide groups is 1. The van der Waals surface area contributed by atoms with E-state index in [2.05, 4.69) is 10.6 Å². The Balaban J connectivity index is 1.27. The topological polar surface area (TPSA) is 97.0 Å². The van der Waals surface area contributed by atoms with Gasteiger partial charge < -0.3 is 20.1 Å². The third kappa shape index (κ3) is 3.59. The van der Waals surface area contributed by atoms with Crippen LogP contribution in [0.15, 0.2) is 36.4 Å². The molecule has 2 heterocycles. The van der Waals surface area contributed by atoms with Gasteiger partial charge in [0.15, 0.2) is 0 Å². The monoisotopic (exact) mass is 449 g/mol. The van der Waals surface area contributed by atoms with Gasteiger partial charge in [-0.05, 0) is 49.9 Å². The fraction of sp³-hybridized carbons (Fsp3) is 0.400. The molecule has 0 radical (unpaired) electrons. The summed E-state index contributed by atoms with van der Waals surface area (Å²) < 4.78 is 11.6. The van der Waals surface area contributed by atoms with Gasteiger partial charge in [-0.2, -0.15) is 0 Å². The number of nitrogens with one attached hydrogen (secondary N) is 2. The number of benzene rings is 2. The minimum atomic E-state index is -1.07. The highest BCUT2D eigenvalue weighted by Gasteiger charge is 2.55. The number of ether oxygens (including phenoxy) is 2. The molecule has 0 aromatic heterocycles. The van der Waals surface area contributed by atoms with E-state index in [-0.39, 0.29) is 25.1 Å². The van der Waals surface area contributed by atoms with Gasteiger partial charge in [0.25, 0.3) is 5.91 Å². The van der Waals surface area contributed by atoms with Crippen molar-refractivity contribution >= 4 is 17.8 Å². The van der Waals surface area contributed by atoms with Gasteiger partial charge in [-0.25, -0.2) is 4.79 Å². The maximum Gasteiger partial charge on any atom is 0.325 e. The van der Waals surface area contributed by atoms with Gasteiger partial charge in [0.05, 0.1) is 6.61 Å². The molecule has 5 rings (SSSR count). The van der Waals surface area contributed by atoms with Crippen molar-refractivity contribution in [2.24, 2.45) is 0 Å². The molecule has 8 nitrogen and oxygen atoms in total. The van der Waals surface area contributed by atoms with Crippen LogP contribution in [-0.2, 0) is 34.5 Å². The Morgan fingerprint density at radius 1 is 1.27 bits per heavy atom. The summed E-state index contributed by atoms with van der Waals surface area (Å²) in [6.45, 7) is 4.29. The highest BCUT2D eigenvalue weighted by Crippen LogP contribution is 2.41. The number of hydrogen-bond donors (Lipinski definition) is 2. The molecule has 8 heteroatoms. The van der Waals surface area contributed by atoms with Crippen molar-refractivity contribution in [2.75, 3.05) is 13.2 Å². The summed E-state index contributed by atoms with van der Waals surface area (Å²) in [6, 6.07) is 10.9. The van der Waals surface area contributed by atoms with Crippen LogP contribution < -0.4 is 20.1 Å². The lowest BCUT2D eigenvalue weighted by Gasteiger charge is -2.22. The summed E-state index contributed by atoms with van der Waals surface area (Å²) in [4.78, 5) is 39.6. The second-order valence-electron chi connectivity index (χ2n) is 8.79. The minimum absolute atomic E-state index is 0.104. The number of rotatable bonds is 6. The Bertz CT molecular complexity index is 1150. The van der Waals surface area contributed by atoms with Gasteiger partial charge in [0.1, 0.15) is 29.7 Å². The molecule has 1 aliphatic carbocycles. The molecule has 2 atom stereocenters. The molecule has 2 aliphatic heterocycles. The maximum absolute atomic E-state index is 13.2. The van der Waals surface area contributed by atoms with Crippen molar-refractivity contribution in [1.29, 1.82) is 0 Å². The molecule has 1 spiro atoms. The van der Waals surface area contributed by atoms with E-state index < -0.39 is 17.5 Å². The molecule has 2 aromatic rings. The quantitative estimate of drug-likeness (QED) is 0.661. The lowest BCUT2D eigenvalue weighted by atomic mass is 9.92. The molecule has 0 unspecified atom stereocenters. The van der Waals surface area contributed by atoms with Crippen LogP contribution in [0.4, 0.5) is 4.79 Å². The predicted octanol–water partition coefficient (Wildman–Crippen LogP) is 2.42. The van der Waals surface area contributed by atoms with E-state index in [0.29, 0.717) is 25.2 Å². The Morgan fingerprint density at radius 3 is 2.91 bits per heavy atom. The second kappa shape index (κ2) is 8.10. The zero-order valence-corrected chi connectivity index (χ0v) is 18.8. The van der Waals surface area contributed by atoms with Crippen LogP contribution in [0.5, 0.6) is 11.5 Å². The van der Waals surface area contributed by atoms with E-state index >= 15 is 0 Å². The molecule has 2 N–H and O–H groups in total. The first-order valence-electron chi connectivity index (χ1n) is 11.4. The zero-order chi connectivity index (χ0) is 23.2. The first-order chi connectivity index (χ1) is 15.9. The van der Waals surface area contributed by atoms with E-state index in [0.717, 1.165) is 39.3 Å². The SMILES string of the molecule is CCOc1cc2c(cc1CNC(=O)CN1C(=O)N[C@]3(CCc4ccccc43)C1=O)O[C@@H](C)C2. The van der Waals surface area contributed by atoms with Crippen molar-refractivity contribution < 1.29 is 23.9 Å². The van der Waals surface area contributed by atoms with E-state index in [4.69, 9.17) is 9.47 Å². The molecule has 0 bridgehead atoms. The molecule has 1 saturated heterocycles. The standard InChI is InChI=1S/C25H27N3O5/c1-3-32-20-11-17-10-15(2)33-21(17)12-18(20)13-26-22(29)14-28-23(30)25(27-24(28)31)9-8-16-6-4-5-7-19(16)25/h4-7,11-12,15H,3,8-10,13-14H2,1-2H3,(H,26,29)(H,27,31)/t15-,25-/m0/s1. The van der Waals surface area contributed by atoms with Gasteiger partial charge in [-0.1, -0.05) is 24.3 Å². The van der Waals surface area contributed by atoms with Crippen LogP contribution >= 0.6 is 0 Å². The van der Waals surface area contributed by atoms with Gasteiger partial charge in [0.2, 0.25) is 5.91 Å². The number of nitrogens with zero attached hydrogens (tertiary/aromatic N) is 1. The van der Waals surface area contributed by atoms with Crippen LogP contribution in [-0.4, -0.2) is 42.0 Å². The number of hydrogen-bond acceptors (Lipinski definition) is 5. The van der Waals surface area contributed by atoms with Crippen molar-refractivity contribution in [3.8, 4) is 11.5 Å². The molecule has 2 aromatic carbocycles. The molecular weight excluding hydrogens is 422 g/mol. The average molecular weight is 450 g/mol. The zero-order valence-electron chi connectivity index (χ0n) is 18.8. The van der Waals surface area contributed by atoms with Gasteiger partial charge >= 0.3 is 6.03 Å². The summed E-state index contributed by atoms with van der Waals surface area (Å²) >= 11 is 0. The smallest absolute Gasteiger partial charge is 0.325 e. The first-order valence-corrected chi connectivity index (χ1v) is 11.4. The number of fused-ring (bicyclic) bond motifs is 3. The second-order valence-corrected chi connectivity index (χ2v) is 8.79. The normalized spacial score (nSPS) is 22.7. The highest BCUT2D eigenvalue weighted by molar-refractivity contribution is 6.09. The molecule has 1 fully saturated rings. The molecule has 3 aliphatic rings. The van der Waals surface area contributed by atoms with E-state index in [1.165, 1.54) is 0 Å². The van der Waals surface area contributed by atoms with Crippen molar-refractivity contribution in [1.82, 2.24) is 15.5 Å². The summed E-state index contributed by atoms with van der Waals surface area (Å²) in [5.74, 6) is 0.707.